The highest BCUT2D eigenvalue weighted by atomic mass is 35.5. The second kappa shape index (κ2) is 5.34. The maximum atomic E-state index is 6.02. The molecule has 0 atom stereocenters. The lowest BCUT2D eigenvalue weighted by Gasteiger charge is -2.18. The van der Waals surface area contributed by atoms with Crippen LogP contribution < -0.4 is 4.90 Å². The average molecular weight is 303 g/mol. The largest absolute Gasteiger partial charge is 0.372 e. The summed E-state index contributed by atoms with van der Waals surface area (Å²) >= 11 is 6.02. The molecule has 5 heteroatoms. The minimum Gasteiger partial charge on any atom is -0.372 e. The molecule has 4 nitrogen and oxygen atoms in total. The molecule has 2 heterocycles. The zero-order chi connectivity index (χ0) is 14.2. The van der Waals surface area contributed by atoms with Crippen molar-refractivity contribution in [1.82, 2.24) is 14.8 Å². The Morgan fingerprint density at radius 3 is 2.29 bits per heavy atom. The highest BCUT2D eigenvalue weighted by molar-refractivity contribution is 6.16. The summed E-state index contributed by atoms with van der Waals surface area (Å²) < 4.78 is 2.14. The van der Waals surface area contributed by atoms with Crippen molar-refractivity contribution >= 4 is 17.3 Å². The maximum absolute atomic E-state index is 6.02. The van der Waals surface area contributed by atoms with E-state index in [0.717, 1.165) is 17.3 Å². The minimum atomic E-state index is 0.396. The van der Waals surface area contributed by atoms with E-state index in [2.05, 4.69) is 43.9 Å². The van der Waals surface area contributed by atoms with Gasteiger partial charge in [0.15, 0.2) is 5.82 Å². The fraction of sp³-hybridized carbons (Fsp3) is 0.500. The molecule has 2 aliphatic rings. The molecule has 0 radical (unpaired) electrons. The van der Waals surface area contributed by atoms with Crippen LogP contribution in [0.3, 0.4) is 0 Å². The van der Waals surface area contributed by atoms with E-state index >= 15 is 0 Å². The summed E-state index contributed by atoms with van der Waals surface area (Å²) in [6.07, 6.45) is 5.03. The normalized spacial score (nSPS) is 18.4. The molecule has 1 saturated carbocycles. The summed E-state index contributed by atoms with van der Waals surface area (Å²) in [5.41, 5.74) is 2.44. The van der Waals surface area contributed by atoms with E-state index in [1.165, 1.54) is 44.5 Å². The van der Waals surface area contributed by atoms with Crippen molar-refractivity contribution in [3.05, 3.63) is 35.9 Å². The van der Waals surface area contributed by atoms with Gasteiger partial charge in [0.1, 0.15) is 5.82 Å². The zero-order valence-electron chi connectivity index (χ0n) is 12.0. The lowest BCUT2D eigenvalue weighted by molar-refractivity contribution is 0.857. The second-order valence-electron chi connectivity index (χ2n) is 5.93. The lowest BCUT2D eigenvalue weighted by atomic mass is 10.2. The van der Waals surface area contributed by atoms with Crippen molar-refractivity contribution in [3.8, 4) is 5.69 Å². The van der Waals surface area contributed by atoms with Crippen molar-refractivity contribution in [2.24, 2.45) is 0 Å². The van der Waals surface area contributed by atoms with E-state index in [4.69, 9.17) is 11.6 Å². The average Bonchev–Trinajstić information content (AvgIpc) is 3.06. The number of halogens is 1. The van der Waals surface area contributed by atoms with Gasteiger partial charge in [0.25, 0.3) is 0 Å². The van der Waals surface area contributed by atoms with Crippen LogP contribution in [0, 0.1) is 0 Å². The predicted molar refractivity (Wildman–Crippen MR) is 84.3 cm³/mol. The monoisotopic (exact) mass is 302 g/mol. The standard InChI is InChI=1S/C16H19ClN4/c17-11-15-18-19-16(12-3-4-12)21(15)14-7-5-13(6-8-14)20-9-1-2-10-20/h5-8,12H,1-4,9-11H2. The van der Waals surface area contributed by atoms with Crippen molar-refractivity contribution < 1.29 is 0 Å². The van der Waals surface area contributed by atoms with Gasteiger partial charge in [-0.1, -0.05) is 0 Å². The molecule has 0 unspecified atom stereocenters. The second-order valence-corrected chi connectivity index (χ2v) is 6.20. The summed E-state index contributed by atoms with van der Waals surface area (Å²) in [4.78, 5) is 2.44. The van der Waals surface area contributed by atoms with Crippen LogP contribution in [0.4, 0.5) is 5.69 Å². The molecule has 0 N–H and O–H groups in total. The third kappa shape index (κ3) is 2.42. The Labute approximate surface area is 129 Å². The van der Waals surface area contributed by atoms with Gasteiger partial charge in [-0.3, -0.25) is 4.57 Å². The Kier molecular flexibility index (Phi) is 3.34. The van der Waals surface area contributed by atoms with Gasteiger partial charge in [0.05, 0.1) is 5.88 Å². The molecular formula is C16H19ClN4. The van der Waals surface area contributed by atoms with Gasteiger partial charge in [0, 0.05) is 30.4 Å². The maximum Gasteiger partial charge on any atom is 0.152 e. The number of rotatable bonds is 4. The van der Waals surface area contributed by atoms with Crippen LogP contribution in [0.25, 0.3) is 5.69 Å². The number of alkyl halides is 1. The van der Waals surface area contributed by atoms with E-state index in [-0.39, 0.29) is 0 Å². The number of nitrogens with zero attached hydrogens (tertiary/aromatic N) is 4. The fourth-order valence-electron chi connectivity index (χ4n) is 3.09. The number of benzene rings is 1. The Bertz CT molecular complexity index is 624. The Morgan fingerprint density at radius 1 is 1.00 bits per heavy atom. The van der Waals surface area contributed by atoms with Gasteiger partial charge in [-0.05, 0) is 49.9 Å². The fourth-order valence-corrected chi connectivity index (χ4v) is 3.26. The van der Waals surface area contributed by atoms with E-state index in [0.29, 0.717) is 11.8 Å². The first-order valence-electron chi connectivity index (χ1n) is 7.72. The van der Waals surface area contributed by atoms with Crippen LogP contribution in [-0.2, 0) is 5.88 Å². The Balaban J connectivity index is 1.68. The third-order valence-electron chi connectivity index (χ3n) is 4.40. The topological polar surface area (TPSA) is 34.0 Å². The van der Waals surface area contributed by atoms with Gasteiger partial charge < -0.3 is 4.90 Å². The van der Waals surface area contributed by atoms with E-state index in [1.54, 1.807) is 0 Å². The Hall–Kier alpha value is -1.55. The molecule has 0 bridgehead atoms. The highest BCUT2D eigenvalue weighted by Crippen LogP contribution is 2.40. The highest BCUT2D eigenvalue weighted by Gasteiger charge is 2.30. The predicted octanol–water partition coefficient (Wildman–Crippen LogP) is 3.48. The number of aromatic nitrogens is 3. The van der Waals surface area contributed by atoms with Crippen LogP contribution in [0.5, 0.6) is 0 Å². The van der Waals surface area contributed by atoms with Crippen molar-refractivity contribution in [3.63, 3.8) is 0 Å². The Morgan fingerprint density at radius 2 is 1.67 bits per heavy atom. The molecule has 2 aromatic rings. The van der Waals surface area contributed by atoms with E-state index < -0.39 is 0 Å². The quantitative estimate of drug-likeness (QED) is 0.811. The van der Waals surface area contributed by atoms with Crippen molar-refractivity contribution in [1.29, 1.82) is 0 Å². The molecular weight excluding hydrogens is 284 g/mol. The molecule has 2 fully saturated rings. The van der Waals surface area contributed by atoms with Crippen LogP contribution in [0.2, 0.25) is 0 Å². The molecule has 4 rings (SSSR count). The summed E-state index contributed by atoms with van der Waals surface area (Å²) in [6.45, 7) is 2.35. The number of hydrogen-bond donors (Lipinski definition) is 0. The third-order valence-corrected chi connectivity index (χ3v) is 4.64. The SMILES string of the molecule is ClCc1nnc(C2CC2)n1-c1ccc(N2CCCC2)cc1. The van der Waals surface area contributed by atoms with Gasteiger partial charge in [-0.2, -0.15) is 0 Å². The molecule has 1 saturated heterocycles. The molecule has 1 aliphatic carbocycles. The molecule has 0 spiro atoms. The van der Waals surface area contributed by atoms with Crippen molar-refractivity contribution in [2.45, 2.75) is 37.5 Å². The molecule has 1 aromatic heterocycles. The van der Waals surface area contributed by atoms with Crippen molar-refractivity contribution in [2.75, 3.05) is 18.0 Å². The molecule has 1 aromatic carbocycles. The van der Waals surface area contributed by atoms with Crippen LogP contribution in [0.15, 0.2) is 24.3 Å². The summed E-state index contributed by atoms with van der Waals surface area (Å²) in [5, 5.41) is 8.59. The first-order chi connectivity index (χ1) is 10.4. The summed E-state index contributed by atoms with van der Waals surface area (Å²) in [6, 6.07) is 8.74. The number of hydrogen-bond acceptors (Lipinski definition) is 3. The first kappa shape index (κ1) is 13.1. The molecule has 21 heavy (non-hydrogen) atoms. The van der Waals surface area contributed by atoms with Crippen LogP contribution >= 0.6 is 11.6 Å². The van der Waals surface area contributed by atoms with E-state index in [1.807, 2.05) is 0 Å². The van der Waals surface area contributed by atoms with E-state index in [9.17, 15) is 0 Å². The summed E-state index contributed by atoms with van der Waals surface area (Å²) in [7, 11) is 0. The number of anilines is 1. The summed E-state index contributed by atoms with van der Waals surface area (Å²) in [5.74, 6) is 2.87. The molecule has 1 aliphatic heterocycles. The van der Waals surface area contributed by atoms with Gasteiger partial charge in [0.2, 0.25) is 0 Å². The smallest absolute Gasteiger partial charge is 0.152 e. The first-order valence-corrected chi connectivity index (χ1v) is 8.26. The van der Waals surface area contributed by atoms with Gasteiger partial charge in [-0.15, -0.1) is 21.8 Å². The van der Waals surface area contributed by atoms with Crippen LogP contribution in [-0.4, -0.2) is 27.9 Å². The minimum absolute atomic E-state index is 0.396. The van der Waals surface area contributed by atoms with Crippen LogP contribution in [0.1, 0.15) is 43.3 Å². The van der Waals surface area contributed by atoms with Gasteiger partial charge >= 0.3 is 0 Å². The van der Waals surface area contributed by atoms with Gasteiger partial charge in [-0.25, -0.2) is 0 Å². The zero-order valence-corrected chi connectivity index (χ0v) is 12.8. The molecule has 0 amide bonds. The molecule has 110 valence electrons. The lowest BCUT2D eigenvalue weighted by Crippen LogP contribution is -2.17.